The summed E-state index contributed by atoms with van der Waals surface area (Å²) in [6, 6.07) is 6.24. The molecule has 0 unspecified atom stereocenters. The number of nitrogen functional groups attached to an aromatic ring is 1. The van der Waals surface area contributed by atoms with Crippen molar-refractivity contribution in [2.24, 2.45) is 0 Å². The lowest BCUT2D eigenvalue weighted by Crippen LogP contribution is -2.13. The van der Waals surface area contributed by atoms with Crippen molar-refractivity contribution in [3.63, 3.8) is 0 Å². The fraction of sp³-hybridized carbons (Fsp3) is 0.200. The molecule has 9 heteroatoms. The molecule has 2 aromatic heterocycles. The van der Waals surface area contributed by atoms with Gasteiger partial charge < -0.3 is 11.1 Å². The summed E-state index contributed by atoms with van der Waals surface area (Å²) in [5.74, 6) is 0.261. The van der Waals surface area contributed by atoms with Gasteiger partial charge in [0.25, 0.3) is 0 Å². The van der Waals surface area contributed by atoms with Crippen LogP contribution in [0.1, 0.15) is 11.1 Å². The van der Waals surface area contributed by atoms with E-state index in [0.717, 1.165) is 16.8 Å². The van der Waals surface area contributed by atoms with Crippen molar-refractivity contribution >= 4 is 40.1 Å². The van der Waals surface area contributed by atoms with E-state index < -0.39 is 0 Å². The third kappa shape index (κ3) is 3.92. The number of rotatable bonds is 5. The number of anilines is 2. The minimum Gasteiger partial charge on any atom is -0.368 e. The first-order valence-electron chi connectivity index (χ1n) is 7.15. The van der Waals surface area contributed by atoms with Gasteiger partial charge in [0, 0.05) is 10.9 Å². The highest BCUT2D eigenvalue weighted by Crippen LogP contribution is 2.28. The van der Waals surface area contributed by atoms with E-state index in [0.29, 0.717) is 10.3 Å². The van der Waals surface area contributed by atoms with E-state index in [1.165, 1.54) is 28.7 Å². The summed E-state index contributed by atoms with van der Waals surface area (Å²) < 4.78 is 0. The summed E-state index contributed by atoms with van der Waals surface area (Å²) in [6.07, 6.45) is 0. The van der Waals surface area contributed by atoms with Gasteiger partial charge in [-0.25, -0.2) is 10.1 Å². The molecule has 0 radical (unpaired) electrons. The number of hydrogen-bond donors (Lipinski definition) is 3. The summed E-state index contributed by atoms with van der Waals surface area (Å²) in [5.41, 5.74) is 9.72. The number of aromatic amines is 1. The third-order valence-corrected chi connectivity index (χ3v) is 4.84. The van der Waals surface area contributed by atoms with Crippen LogP contribution in [0.2, 0.25) is 0 Å². The van der Waals surface area contributed by atoms with Gasteiger partial charge in [-0.2, -0.15) is 4.98 Å². The standard InChI is InChI=1S/C15H16N6OS2/c1-8-3-4-9(2)10(5-8)11-6-23-14(17-11)18-12(22)7-24-15-19-13(16)20-21-15/h3-6H,7H2,1-2H3,(H,17,18,22)(H3,16,19,20,21). The largest absolute Gasteiger partial charge is 0.368 e. The van der Waals surface area contributed by atoms with Gasteiger partial charge in [-0.05, 0) is 25.5 Å². The summed E-state index contributed by atoms with van der Waals surface area (Å²) in [6.45, 7) is 4.09. The maximum absolute atomic E-state index is 12.0. The number of hydrogen-bond acceptors (Lipinski definition) is 7. The first-order valence-corrected chi connectivity index (χ1v) is 9.01. The highest BCUT2D eigenvalue weighted by Gasteiger charge is 2.11. The zero-order valence-corrected chi connectivity index (χ0v) is 14.8. The van der Waals surface area contributed by atoms with E-state index in [-0.39, 0.29) is 17.6 Å². The molecule has 3 aromatic rings. The molecule has 0 aliphatic carbocycles. The van der Waals surface area contributed by atoms with E-state index in [1.807, 2.05) is 19.2 Å². The fourth-order valence-electron chi connectivity index (χ4n) is 2.07. The molecular weight excluding hydrogens is 344 g/mol. The topological polar surface area (TPSA) is 110 Å². The first-order chi connectivity index (χ1) is 11.5. The van der Waals surface area contributed by atoms with Crippen LogP contribution in [0.4, 0.5) is 11.1 Å². The Balaban J connectivity index is 1.63. The van der Waals surface area contributed by atoms with Gasteiger partial charge in [-0.3, -0.25) is 4.79 Å². The van der Waals surface area contributed by atoms with Gasteiger partial charge in [0.2, 0.25) is 17.0 Å². The average Bonchev–Trinajstić information content (AvgIpc) is 3.17. The van der Waals surface area contributed by atoms with Crippen LogP contribution in [0.5, 0.6) is 0 Å². The molecule has 0 aliphatic rings. The van der Waals surface area contributed by atoms with Gasteiger partial charge in [0.1, 0.15) is 0 Å². The van der Waals surface area contributed by atoms with Crippen LogP contribution in [0.3, 0.4) is 0 Å². The van der Waals surface area contributed by atoms with Crippen LogP contribution >= 0.6 is 23.1 Å². The number of aryl methyl sites for hydroxylation is 2. The molecule has 0 saturated heterocycles. The minimum atomic E-state index is -0.162. The van der Waals surface area contributed by atoms with E-state index in [1.54, 1.807) is 0 Å². The number of thioether (sulfide) groups is 1. The Morgan fingerprint density at radius 1 is 1.38 bits per heavy atom. The number of carbonyl (C=O) groups excluding carboxylic acids is 1. The molecule has 124 valence electrons. The number of nitrogens with two attached hydrogens (primary N) is 1. The number of carbonyl (C=O) groups is 1. The molecular formula is C15H16N6OS2. The SMILES string of the molecule is Cc1ccc(C)c(-c2csc(NC(=O)CSc3n[nH]c(N)n3)n2)c1. The molecule has 0 bridgehead atoms. The molecule has 0 aliphatic heterocycles. The Labute approximate surface area is 147 Å². The number of nitrogens with zero attached hydrogens (tertiary/aromatic N) is 3. The molecule has 0 fully saturated rings. The predicted molar refractivity (Wildman–Crippen MR) is 97.2 cm³/mol. The molecule has 0 spiro atoms. The Morgan fingerprint density at radius 2 is 2.21 bits per heavy atom. The normalized spacial score (nSPS) is 10.8. The molecule has 7 nitrogen and oxygen atoms in total. The average molecular weight is 360 g/mol. The van der Waals surface area contributed by atoms with Gasteiger partial charge >= 0.3 is 0 Å². The molecule has 0 atom stereocenters. The lowest BCUT2D eigenvalue weighted by atomic mass is 10.0. The number of benzene rings is 1. The van der Waals surface area contributed by atoms with E-state index in [2.05, 4.69) is 43.7 Å². The Kier molecular flexibility index (Phi) is 4.81. The summed E-state index contributed by atoms with van der Waals surface area (Å²) >= 11 is 2.61. The molecule has 0 saturated carbocycles. The number of thiazole rings is 1. The van der Waals surface area contributed by atoms with Gasteiger partial charge in [-0.15, -0.1) is 16.4 Å². The minimum absolute atomic E-state index is 0.162. The summed E-state index contributed by atoms with van der Waals surface area (Å²) in [5, 5.41) is 12.1. The molecule has 1 aromatic carbocycles. The second kappa shape index (κ2) is 7.02. The molecule has 3 rings (SSSR count). The lowest BCUT2D eigenvalue weighted by Gasteiger charge is -2.04. The Morgan fingerprint density at radius 3 is 2.96 bits per heavy atom. The molecule has 24 heavy (non-hydrogen) atoms. The van der Waals surface area contributed by atoms with Crippen molar-refractivity contribution in [1.29, 1.82) is 0 Å². The molecule has 2 heterocycles. The zero-order valence-electron chi connectivity index (χ0n) is 13.2. The third-order valence-electron chi connectivity index (χ3n) is 3.23. The lowest BCUT2D eigenvalue weighted by molar-refractivity contribution is -0.113. The maximum atomic E-state index is 12.0. The van der Waals surface area contributed by atoms with E-state index in [4.69, 9.17) is 5.73 Å². The molecule has 1 amide bonds. The van der Waals surface area contributed by atoms with E-state index >= 15 is 0 Å². The van der Waals surface area contributed by atoms with Gasteiger partial charge in [0.15, 0.2) is 5.13 Å². The zero-order chi connectivity index (χ0) is 17.1. The van der Waals surface area contributed by atoms with Crippen molar-refractivity contribution in [1.82, 2.24) is 20.2 Å². The smallest absolute Gasteiger partial charge is 0.236 e. The van der Waals surface area contributed by atoms with Crippen LogP contribution in [0.25, 0.3) is 11.3 Å². The highest BCUT2D eigenvalue weighted by molar-refractivity contribution is 7.99. The Bertz CT molecular complexity index is 872. The van der Waals surface area contributed by atoms with E-state index in [9.17, 15) is 4.79 Å². The van der Waals surface area contributed by atoms with Crippen LogP contribution < -0.4 is 11.1 Å². The fourth-order valence-corrected chi connectivity index (χ4v) is 3.41. The van der Waals surface area contributed by atoms with Crippen molar-refractivity contribution in [2.75, 3.05) is 16.8 Å². The van der Waals surface area contributed by atoms with Crippen LogP contribution in [0.15, 0.2) is 28.7 Å². The maximum Gasteiger partial charge on any atom is 0.236 e. The molecule has 4 N–H and O–H groups in total. The van der Waals surface area contributed by atoms with Crippen LogP contribution in [-0.4, -0.2) is 31.8 Å². The number of nitrogens with one attached hydrogen (secondary N) is 2. The Hall–Kier alpha value is -2.39. The first kappa shape index (κ1) is 16.5. The highest BCUT2D eigenvalue weighted by atomic mass is 32.2. The van der Waals surface area contributed by atoms with Crippen molar-refractivity contribution < 1.29 is 4.79 Å². The second-order valence-corrected chi connectivity index (χ2v) is 7.00. The second-order valence-electron chi connectivity index (χ2n) is 5.20. The van der Waals surface area contributed by atoms with Crippen molar-refractivity contribution in [3.05, 3.63) is 34.7 Å². The van der Waals surface area contributed by atoms with Crippen LogP contribution in [-0.2, 0) is 4.79 Å². The summed E-state index contributed by atoms with van der Waals surface area (Å²) in [4.78, 5) is 20.4. The number of amides is 1. The van der Waals surface area contributed by atoms with Crippen LogP contribution in [0, 0.1) is 13.8 Å². The van der Waals surface area contributed by atoms with Crippen molar-refractivity contribution in [2.45, 2.75) is 19.0 Å². The van der Waals surface area contributed by atoms with Gasteiger partial charge in [-0.1, -0.05) is 29.5 Å². The number of H-pyrrole nitrogens is 1. The predicted octanol–water partition coefficient (Wildman–Crippen LogP) is 2.86. The van der Waals surface area contributed by atoms with Gasteiger partial charge in [0.05, 0.1) is 11.4 Å². The van der Waals surface area contributed by atoms with Crippen molar-refractivity contribution in [3.8, 4) is 11.3 Å². The quantitative estimate of drug-likeness (QED) is 0.604. The summed E-state index contributed by atoms with van der Waals surface area (Å²) in [7, 11) is 0. The monoisotopic (exact) mass is 360 g/mol. The number of aromatic nitrogens is 4.